The Morgan fingerprint density at radius 2 is 2.06 bits per heavy atom. The van der Waals surface area contributed by atoms with Crippen molar-refractivity contribution < 1.29 is 13.9 Å². The van der Waals surface area contributed by atoms with Gasteiger partial charge in [-0.2, -0.15) is 0 Å². The molecule has 0 saturated carbocycles. The number of rotatable bonds is 4. The summed E-state index contributed by atoms with van der Waals surface area (Å²) in [6, 6.07) is 9.28. The van der Waals surface area contributed by atoms with Crippen LogP contribution in [0.5, 0.6) is 11.5 Å². The maximum atomic E-state index is 13.3. The Hall–Kier alpha value is -2.23. The van der Waals surface area contributed by atoms with Crippen molar-refractivity contribution in [3.05, 3.63) is 54.1 Å². The van der Waals surface area contributed by atoms with Gasteiger partial charge in [-0.15, -0.1) is 0 Å². The first-order chi connectivity index (χ1) is 8.70. The van der Waals surface area contributed by atoms with Crippen LogP contribution in [0.25, 0.3) is 0 Å². The number of ketones is 1. The molecule has 92 valence electrons. The molecule has 1 aromatic carbocycles. The van der Waals surface area contributed by atoms with E-state index >= 15 is 0 Å². The summed E-state index contributed by atoms with van der Waals surface area (Å²) in [5.41, 5.74) is 0.387. The lowest BCUT2D eigenvalue weighted by Gasteiger charge is -2.06. The van der Waals surface area contributed by atoms with Crippen LogP contribution < -0.4 is 4.74 Å². The van der Waals surface area contributed by atoms with Gasteiger partial charge in [-0.25, -0.2) is 9.37 Å². The lowest BCUT2D eigenvalue weighted by Crippen LogP contribution is -1.99. The third-order valence-electron chi connectivity index (χ3n) is 2.41. The molecule has 1 heterocycles. The maximum absolute atomic E-state index is 13.3. The molecule has 0 N–H and O–H groups in total. The Balaban J connectivity index is 2.16. The fourth-order valence-electron chi connectivity index (χ4n) is 1.44. The zero-order valence-electron chi connectivity index (χ0n) is 9.89. The number of ether oxygens (including phenoxy) is 1. The van der Waals surface area contributed by atoms with Gasteiger partial charge in [0.1, 0.15) is 11.4 Å². The minimum Gasteiger partial charge on any atom is -0.453 e. The highest BCUT2D eigenvalue weighted by atomic mass is 19.1. The number of carbonyl (C=O) groups is 1. The predicted octanol–water partition coefficient (Wildman–Crippen LogP) is 3.61. The van der Waals surface area contributed by atoms with E-state index in [-0.39, 0.29) is 11.5 Å². The fraction of sp³-hybridized carbons (Fsp3) is 0.143. The lowest BCUT2D eigenvalue weighted by molar-refractivity contribution is 0.0983. The van der Waals surface area contributed by atoms with Crippen molar-refractivity contribution in [3.63, 3.8) is 0 Å². The highest BCUT2D eigenvalue weighted by Crippen LogP contribution is 2.23. The van der Waals surface area contributed by atoms with Crippen LogP contribution in [0.3, 0.4) is 0 Å². The summed E-state index contributed by atoms with van der Waals surface area (Å²) in [6.45, 7) is 1.77. The van der Waals surface area contributed by atoms with Gasteiger partial charge in [0.15, 0.2) is 17.3 Å². The van der Waals surface area contributed by atoms with E-state index in [0.29, 0.717) is 17.9 Å². The third kappa shape index (κ3) is 2.71. The molecule has 1 aromatic heterocycles. The van der Waals surface area contributed by atoms with Gasteiger partial charge in [0.25, 0.3) is 0 Å². The molecule has 0 aliphatic rings. The highest BCUT2D eigenvalue weighted by Gasteiger charge is 2.06. The average Bonchev–Trinajstić information content (AvgIpc) is 2.41. The van der Waals surface area contributed by atoms with Gasteiger partial charge in [0, 0.05) is 6.42 Å². The van der Waals surface area contributed by atoms with Crippen LogP contribution in [0.4, 0.5) is 4.39 Å². The number of carbonyl (C=O) groups excluding carboxylic acids is 1. The van der Waals surface area contributed by atoms with Gasteiger partial charge in [0.2, 0.25) is 0 Å². The number of pyridine rings is 1. The Kier molecular flexibility index (Phi) is 3.67. The van der Waals surface area contributed by atoms with Crippen molar-refractivity contribution in [1.82, 2.24) is 4.98 Å². The normalized spacial score (nSPS) is 10.1. The number of Topliss-reactive ketones (excluding diaryl/α,β-unsaturated/α-hetero) is 1. The van der Waals surface area contributed by atoms with Crippen LogP contribution in [0, 0.1) is 5.82 Å². The second-order valence-corrected chi connectivity index (χ2v) is 3.69. The Bertz CT molecular complexity index is 552. The van der Waals surface area contributed by atoms with Gasteiger partial charge in [-0.3, -0.25) is 4.79 Å². The summed E-state index contributed by atoms with van der Waals surface area (Å²) in [7, 11) is 0. The SMILES string of the molecule is CCC(=O)c1ccc(Oc2ccccc2F)cn1. The number of nitrogens with zero attached hydrogens (tertiary/aromatic N) is 1. The maximum Gasteiger partial charge on any atom is 0.180 e. The van der Waals surface area contributed by atoms with Crippen LogP contribution in [0.15, 0.2) is 42.6 Å². The van der Waals surface area contributed by atoms with Crippen LogP contribution >= 0.6 is 0 Å². The largest absolute Gasteiger partial charge is 0.453 e. The molecule has 0 unspecified atom stereocenters. The molecule has 0 spiro atoms. The van der Waals surface area contributed by atoms with Crippen LogP contribution in [0.2, 0.25) is 0 Å². The fourth-order valence-corrected chi connectivity index (χ4v) is 1.44. The molecule has 0 saturated heterocycles. The number of para-hydroxylation sites is 1. The van der Waals surface area contributed by atoms with E-state index in [9.17, 15) is 9.18 Å². The Morgan fingerprint density at radius 1 is 1.28 bits per heavy atom. The minimum absolute atomic E-state index is 0.0348. The summed E-state index contributed by atoms with van der Waals surface area (Å²) < 4.78 is 18.7. The topological polar surface area (TPSA) is 39.2 Å². The molecular formula is C14H12FNO2. The third-order valence-corrected chi connectivity index (χ3v) is 2.41. The molecule has 0 amide bonds. The number of aromatic nitrogens is 1. The second kappa shape index (κ2) is 5.40. The quantitative estimate of drug-likeness (QED) is 0.772. The second-order valence-electron chi connectivity index (χ2n) is 3.69. The van der Waals surface area contributed by atoms with Crippen LogP contribution in [0.1, 0.15) is 23.8 Å². The first-order valence-corrected chi connectivity index (χ1v) is 5.62. The summed E-state index contributed by atoms with van der Waals surface area (Å²) >= 11 is 0. The summed E-state index contributed by atoms with van der Waals surface area (Å²) in [5, 5.41) is 0. The standard InChI is InChI=1S/C14H12FNO2/c1-2-13(17)12-8-7-10(9-16-12)18-14-6-4-3-5-11(14)15/h3-9H,2H2,1H3. The minimum atomic E-state index is -0.439. The van der Waals surface area contributed by atoms with Crippen molar-refractivity contribution in [2.75, 3.05) is 0 Å². The molecule has 0 atom stereocenters. The molecule has 0 aliphatic heterocycles. The van der Waals surface area contributed by atoms with Gasteiger partial charge < -0.3 is 4.74 Å². The first kappa shape index (κ1) is 12.2. The molecule has 2 rings (SSSR count). The predicted molar refractivity (Wildman–Crippen MR) is 65.3 cm³/mol. The summed E-state index contributed by atoms with van der Waals surface area (Å²) in [6.07, 6.45) is 1.82. The van der Waals surface area contributed by atoms with Gasteiger partial charge in [-0.05, 0) is 24.3 Å². The van der Waals surface area contributed by atoms with Crippen LogP contribution in [-0.2, 0) is 0 Å². The number of hydrogen-bond donors (Lipinski definition) is 0. The molecule has 18 heavy (non-hydrogen) atoms. The Labute approximate surface area is 104 Å². The zero-order valence-corrected chi connectivity index (χ0v) is 9.89. The van der Waals surface area contributed by atoms with Crippen molar-refractivity contribution in [1.29, 1.82) is 0 Å². The highest BCUT2D eigenvalue weighted by molar-refractivity contribution is 5.93. The van der Waals surface area contributed by atoms with Crippen molar-refractivity contribution in [2.24, 2.45) is 0 Å². The van der Waals surface area contributed by atoms with Crippen molar-refractivity contribution in [2.45, 2.75) is 13.3 Å². The molecule has 2 aromatic rings. The van der Waals surface area contributed by atoms with E-state index < -0.39 is 5.82 Å². The van der Waals surface area contributed by atoms with E-state index in [1.54, 1.807) is 31.2 Å². The molecule has 0 bridgehead atoms. The molecular weight excluding hydrogens is 233 g/mol. The molecule has 0 aliphatic carbocycles. The first-order valence-electron chi connectivity index (χ1n) is 5.62. The van der Waals surface area contributed by atoms with E-state index in [1.165, 1.54) is 18.3 Å². The van der Waals surface area contributed by atoms with E-state index in [1.807, 2.05) is 0 Å². The Morgan fingerprint density at radius 3 is 2.67 bits per heavy atom. The molecule has 3 nitrogen and oxygen atoms in total. The van der Waals surface area contributed by atoms with Crippen molar-refractivity contribution in [3.8, 4) is 11.5 Å². The summed E-state index contributed by atoms with van der Waals surface area (Å²) in [4.78, 5) is 15.4. The van der Waals surface area contributed by atoms with Gasteiger partial charge in [-0.1, -0.05) is 19.1 Å². The van der Waals surface area contributed by atoms with Crippen LogP contribution in [-0.4, -0.2) is 10.8 Å². The summed E-state index contributed by atoms with van der Waals surface area (Å²) in [5.74, 6) is 0.0558. The monoisotopic (exact) mass is 245 g/mol. The van der Waals surface area contributed by atoms with E-state index in [4.69, 9.17) is 4.74 Å². The van der Waals surface area contributed by atoms with Gasteiger partial charge >= 0.3 is 0 Å². The van der Waals surface area contributed by atoms with Crippen molar-refractivity contribution >= 4 is 5.78 Å². The lowest BCUT2D eigenvalue weighted by atomic mass is 10.2. The van der Waals surface area contributed by atoms with Gasteiger partial charge in [0.05, 0.1) is 6.20 Å². The zero-order chi connectivity index (χ0) is 13.0. The smallest absolute Gasteiger partial charge is 0.180 e. The molecule has 0 radical (unpaired) electrons. The number of benzene rings is 1. The van der Waals surface area contributed by atoms with E-state index in [2.05, 4.69) is 4.98 Å². The van der Waals surface area contributed by atoms with E-state index in [0.717, 1.165) is 0 Å². The number of hydrogen-bond acceptors (Lipinski definition) is 3. The number of halogens is 1. The average molecular weight is 245 g/mol. The molecule has 0 fully saturated rings. The molecule has 4 heteroatoms.